The lowest BCUT2D eigenvalue weighted by Crippen LogP contribution is -2.30. The molecule has 2 rings (SSSR count). The molecule has 0 spiro atoms. The quantitative estimate of drug-likeness (QED) is 0.441. The number of aromatic nitrogens is 1. The molecule has 0 bridgehead atoms. The van der Waals surface area contributed by atoms with Gasteiger partial charge in [0, 0.05) is 18.0 Å². The Bertz CT molecular complexity index is 445. The maximum Gasteiger partial charge on any atom is 0.301 e. The number of hydrazine groups is 1. The van der Waals surface area contributed by atoms with Gasteiger partial charge < -0.3 is 8.98 Å². The Balaban J connectivity index is 2.22. The molecule has 0 saturated carbocycles. The lowest BCUT2D eigenvalue weighted by atomic mass is 10.2. The third-order valence-electron chi connectivity index (χ3n) is 2.10. The summed E-state index contributed by atoms with van der Waals surface area (Å²) in [4.78, 5) is 11.3. The van der Waals surface area contributed by atoms with E-state index in [0.717, 1.165) is 5.56 Å². The van der Waals surface area contributed by atoms with Crippen molar-refractivity contribution in [2.45, 2.75) is 6.54 Å². The molecule has 0 aliphatic rings. The van der Waals surface area contributed by atoms with Crippen molar-refractivity contribution in [1.82, 2.24) is 9.99 Å². The molecule has 0 radical (unpaired) electrons. The molecule has 15 heavy (non-hydrogen) atoms. The van der Waals surface area contributed by atoms with Gasteiger partial charge in [0.05, 0.1) is 12.8 Å². The number of nitrogens with zero attached hydrogens (tertiary/aromatic N) is 1. The van der Waals surface area contributed by atoms with Gasteiger partial charge in [-0.05, 0) is 18.2 Å². The van der Waals surface area contributed by atoms with Crippen LogP contribution in [0.25, 0.3) is 0 Å². The molecule has 0 saturated heterocycles. The molecule has 3 N–H and O–H groups in total. The highest BCUT2D eigenvalue weighted by molar-refractivity contribution is 5.92. The normalized spacial score (nSPS) is 10.2. The number of hydrogen-bond donors (Lipinski definition) is 2. The summed E-state index contributed by atoms with van der Waals surface area (Å²) in [5, 5.41) is 0. The number of carbonyl (C=O) groups is 1. The fourth-order valence-electron chi connectivity index (χ4n) is 1.40. The van der Waals surface area contributed by atoms with E-state index < -0.39 is 5.91 Å². The van der Waals surface area contributed by atoms with Crippen molar-refractivity contribution in [3.8, 4) is 0 Å². The number of nitrogen functional groups attached to an aromatic ring is 1. The minimum atomic E-state index is -0.415. The highest BCUT2D eigenvalue weighted by atomic mass is 16.3. The minimum absolute atomic E-state index is 0.256. The van der Waals surface area contributed by atoms with Gasteiger partial charge in [-0.2, -0.15) is 0 Å². The van der Waals surface area contributed by atoms with E-state index in [1.165, 1.54) is 6.26 Å². The van der Waals surface area contributed by atoms with Gasteiger partial charge in [-0.3, -0.25) is 10.2 Å². The zero-order chi connectivity index (χ0) is 10.7. The SMILES string of the molecule is NNC(=O)c1occc1Cn1cccc1. The monoisotopic (exact) mass is 205 g/mol. The standard InChI is InChI=1S/C10H11N3O2/c11-12-10(14)9-8(3-6-15-9)7-13-4-1-2-5-13/h1-6H,7,11H2,(H,12,14). The van der Waals surface area contributed by atoms with Crippen LogP contribution >= 0.6 is 0 Å². The Hall–Kier alpha value is -2.01. The first-order valence-corrected chi connectivity index (χ1v) is 4.49. The molecule has 5 nitrogen and oxygen atoms in total. The number of furan rings is 1. The molecule has 0 fully saturated rings. The van der Waals surface area contributed by atoms with Gasteiger partial charge in [0.15, 0.2) is 5.76 Å². The molecular weight excluding hydrogens is 194 g/mol. The second-order valence-corrected chi connectivity index (χ2v) is 3.10. The first-order valence-electron chi connectivity index (χ1n) is 4.49. The second-order valence-electron chi connectivity index (χ2n) is 3.10. The van der Waals surface area contributed by atoms with Gasteiger partial charge in [0.2, 0.25) is 0 Å². The van der Waals surface area contributed by atoms with Gasteiger partial charge >= 0.3 is 5.91 Å². The maximum atomic E-state index is 11.3. The molecule has 0 unspecified atom stereocenters. The van der Waals surface area contributed by atoms with E-state index >= 15 is 0 Å². The van der Waals surface area contributed by atoms with Gasteiger partial charge in [0.25, 0.3) is 0 Å². The van der Waals surface area contributed by atoms with Crippen molar-refractivity contribution in [2.75, 3.05) is 0 Å². The molecule has 78 valence electrons. The molecule has 5 heteroatoms. The second kappa shape index (κ2) is 4.02. The summed E-state index contributed by atoms with van der Waals surface area (Å²) in [5.74, 6) is 4.88. The van der Waals surface area contributed by atoms with Crippen LogP contribution in [0.3, 0.4) is 0 Å². The third kappa shape index (κ3) is 1.92. The van der Waals surface area contributed by atoms with Crippen LogP contribution in [0.2, 0.25) is 0 Å². The van der Waals surface area contributed by atoms with Gasteiger partial charge in [-0.1, -0.05) is 0 Å². The van der Waals surface area contributed by atoms with Crippen molar-refractivity contribution < 1.29 is 9.21 Å². The van der Waals surface area contributed by atoms with Crippen molar-refractivity contribution in [2.24, 2.45) is 5.84 Å². The van der Waals surface area contributed by atoms with Crippen LogP contribution in [-0.2, 0) is 6.54 Å². The first kappa shape index (κ1) is 9.54. The highest BCUT2D eigenvalue weighted by Crippen LogP contribution is 2.12. The maximum absolute atomic E-state index is 11.3. The van der Waals surface area contributed by atoms with Crippen LogP contribution in [0.5, 0.6) is 0 Å². The van der Waals surface area contributed by atoms with E-state index in [9.17, 15) is 4.79 Å². The predicted molar refractivity (Wildman–Crippen MR) is 53.9 cm³/mol. The summed E-state index contributed by atoms with van der Waals surface area (Å²) in [6, 6.07) is 5.59. The molecule has 1 amide bonds. The molecule has 2 aromatic rings. The van der Waals surface area contributed by atoms with E-state index in [4.69, 9.17) is 10.3 Å². The van der Waals surface area contributed by atoms with E-state index in [1.807, 2.05) is 34.5 Å². The molecule has 0 aliphatic carbocycles. The Labute approximate surface area is 86.5 Å². The summed E-state index contributed by atoms with van der Waals surface area (Å²) in [6.45, 7) is 0.590. The van der Waals surface area contributed by atoms with Crippen molar-refractivity contribution in [3.05, 3.63) is 48.2 Å². The predicted octanol–water partition coefficient (Wildman–Crippen LogP) is 0.733. The van der Waals surface area contributed by atoms with E-state index in [1.54, 1.807) is 6.07 Å². The van der Waals surface area contributed by atoms with Crippen LogP contribution in [-0.4, -0.2) is 10.5 Å². The molecule has 0 aromatic carbocycles. The van der Waals surface area contributed by atoms with Crippen molar-refractivity contribution in [1.29, 1.82) is 0 Å². The summed E-state index contributed by atoms with van der Waals surface area (Å²) in [6.07, 6.45) is 5.30. The Kier molecular flexibility index (Phi) is 2.55. The summed E-state index contributed by atoms with van der Waals surface area (Å²) >= 11 is 0. The van der Waals surface area contributed by atoms with Crippen LogP contribution in [0, 0.1) is 0 Å². The van der Waals surface area contributed by atoms with Crippen molar-refractivity contribution >= 4 is 5.91 Å². The highest BCUT2D eigenvalue weighted by Gasteiger charge is 2.13. The topological polar surface area (TPSA) is 73.2 Å². The average Bonchev–Trinajstić information content (AvgIpc) is 2.88. The molecule has 0 atom stereocenters. The van der Waals surface area contributed by atoms with Crippen LogP contribution in [0.1, 0.15) is 16.1 Å². The Morgan fingerprint density at radius 2 is 2.20 bits per heavy atom. The zero-order valence-corrected chi connectivity index (χ0v) is 8.01. The van der Waals surface area contributed by atoms with Crippen LogP contribution in [0.15, 0.2) is 41.3 Å². The fraction of sp³-hybridized carbons (Fsp3) is 0.100. The number of rotatable bonds is 3. The summed E-state index contributed by atoms with van der Waals surface area (Å²) in [5.41, 5.74) is 2.85. The molecule has 2 aromatic heterocycles. The largest absolute Gasteiger partial charge is 0.459 e. The van der Waals surface area contributed by atoms with E-state index in [0.29, 0.717) is 6.54 Å². The lowest BCUT2D eigenvalue weighted by molar-refractivity contribution is 0.0924. The van der Waals surface area contributed by atoms with Gasteiger partial charge in [-0.15, -0.1) is 0 Å². The Morgan fingerprint density at radius 1 is 1.47 bits per heavy atom. The van der Waals surface area contributed by atoms with Gasteiger partial charge in [-0.25, -0.2) is 5.84 Å². The molecular formula is C10H11N3O2. The number of amides is 1. The number of hydrogen-bond acceptors (Lipinski definition) is 3. The zero-order valence-electron chi connectivity index (χ0n) is 8.01. The van der Waals surface area contributed by atoms with Crippen molar-refractivity contribution in [3.63, 3.8) is 0 Å². The third-order valence-corrected chi connectivity index (χ3v) is 2.10. The fourth-order valence-corrected chi connectivity index (χ4v) is 1.40. The van der Waals surface area contributed by atoms with Crippen LogP contribution in [0.4, 0.5) is 0 Å². The average molecular weight is 205 g/mol. The van der Waals surface area contributed by atoms with E-state index in [-0.39, 0.29) is 5.76 Å². The van der Waals surface area contributed by atoms with Gasteiger partial charge in [0.1, 0.15) is 0 Å². The Morgan fingerprint density at radius 3 is 2.87 bits per heavy atom. The first-order chi connectivity index (χ1) is 7.31. The summed E-state index contributed by atoms with van der Waals surface area (Å²) < 4.78 is 7.00. The minimum Gasteiger partial charge on any atom is -0.459 e. The number of carbonyl (C=O) groups excluding carboxylic acids is 1. The number of nitrogens with one attached hydrogen (secondary N) is 1. The van der Waals surface area contributed by atoms with E-state index in [2.05, 4.69) is 0 Å². The molecule has 0 aliphatic heterocycles. The number of nitrogens with two attached hydrogens (primary N) is 1. The molecule has 2 heterocycles. The summed E-state index contributed by atoms with van der Waals surface area (Å²) in [7, 11) is 0. The lowest BCUT2D eigenvalue weighted by Gasteiger charge is -2.02. The smallest absolute Gasteiger partial charge is 0.301 e. The van der Waals surface area contributed by atoms with Crippen LogP contribution < -0.4 is 11.3 Å².